The van der Waals surface area contributed by atoms with Crippen molar-refractivity contribution in [2.24, 2.45) is 0 Å². The minimum absolute atomic E-state index is 0.280. The van der Waals surface area contributed by atoms with Gasteiger partial charge in [0, 0.05) is 48.2 Å². The van der Waals surface area contributed by atoms with Crippen LogP contribution < -0.4 is 10.0 Å². The van der Waals surface area contributed by atoms with Gasteiger partial charge < -0.3 is 15.0 Å². The summed E-state index contributed by atoms with van der Waals surface area (Å²) in [6.07, 6.45) is 4.32. The van der Waals surface area contributed by atoms with Gasteiger partial charge in [-0.05, 0) is 54.6 Å². The molecule has 1 aromatic heterocycles. The van der Waals surface area contributed by atoms with Gasteiger partial charge in [-0.1, -0.05) is 35.3 Å². The van der Waals surface area contributed by atoms with E-state index in [0.717, 1.165) is 42.8 Å². The van der Waals surface area contributed by atoms with Crippen molar-refractivity contribution in [1.82, 2.24) is 15.2 Å². The van der Waals surface area contributed by atoms with Gasteiger partial charge in [0.05, 0.1) is 21.2 Å². The molecule has 0 bridgehead atoms. The molecule has 3 N–H and O–H groups in total. The highest BCUT2D eigenvalue weighted by Gasteiger charge is 2.49. The third-order valence-electron chi connectivity index (χ3n) is 5.85. The van der Waals surface area contributed by atoms with E-state index in [1.807, 2.05) is 12.1 Å². The summed E-state index contributed by atoms with van der Waals surface area (Å²) in [6, 6.07) is 12.9. The highest BCUT2D eigenvalue weighted by molar-refractivity contribution is 8.00. The molecule has 1 aliphatic carbocycles. The van der Waals surface area contributed by atoms with Crippen molar-refractivity contribution in [1.29, 1.82) is 0 Å². The summed E-state index contributed by atoms with van der Waals surface area (Å²) < 4.78 is 3.43. The molecule has 1 saturated carbocycles. The molecule has 1 saturated heterocycles. The first-order valence-electron chi connectivity index (χ1n) is 9.62. The molecule has 1 aliphatic heterocycles. The van der Waals surface area contributed by atoms with Gasteiger partial charge in [0.1, 0.15) is 0 Å². The molecule has 3 aromatic rings. The fourth-order valence-electron chi connectivity index (χ4n) is 4.20. The molecule has 28 heavy (non-hydrogen) atoms. The van der Waals surface area contributed by atoms with E-state index >= 15 is 0 Å². The molecule has 146 valence electrons. The average molecular weight is 433 g/mol. The number of rotatable bonds is 5. The van der Waals surface area contributed by atoms with Gasteiger partial charge in [0.25, 0.3) is 0 Å². The molecule has 0 radical (unpaired) electrons. The van der Waals surface area contributed by atoms with Gasteiger partial charge in [0.2, 0.25) is 0 Å². The lowest BCUT2D eigenvalue weighted by atomic mass is 10.0. The Balaban J connectivity index is 1.31. The van der Waals surface area contributed by atoms with Crippen LogP contribution in [0, 0.1) is 0 Å². The van der Waals surface area contributed by atoms with Crippen LogP contribution >= 0.6 is 35.1 Å². The highest BCUT2D eigenvalue weighted by atomic mass is 35.5. The molecule has 0 spiro atoms. The van der Waals surface area contributed by atoms with Gasteiger partial charge in [-0.2, -0.15) is 0 Å². The molecule has 2 fully saturated rings. The largest absolute Gasteiger partial charge is 0.358 e. The van der Waals surface area contributed by atoms with Crippen LogP contribution in [0.15, 0.2) is 47.5 Å². The van der Waals surface area contributed by atoms with Crippen LogP contribution in [0.4, 0.5) is 5.69 Å². The lowest BCUT2D eigenvalue weighted by Crippen LogP contribution is -2.48. The van der Waals surface area contributed by atoms with E-state index in [9.17, 15) is 0 Å². The molecule has 0 amide bonds. The smallest absolute Gasteiger partial charge is 0.0728 e. The molecule has 4 nitrogen and oxygen atoms in total. The monoisotopic (exact) mass is 432 g/mol. The minimum Gasteiger partial charge on any atom is -0.358 e. The fraction of sp³-hybridized carbons (Fsp3) is 0.333. The van der Waals surface area contributed by atoms with E-state index in [4.69, 9.17) is 23.2 Å². The number of halogens is 2. The fourth-order valence-corrected chi connectivity index (χ4v) is 5.43. The zero-order valence-corrected chi connectivity index (χ0v) is 17.7. The molecule has 0 atom stereocenters. The number of aromatic nitrogens is 1. The Labute approximate surface area is 179 Å². The van der Waals surface area contributed by atoms with Gasteiger partial charge in [-0.3, -0.25) is 4.90 Å². The first-order chi connectivity index (χ1) is 13.7. The lowest BCUT2D eigenvalue weighted by Gasteiger charge is -2.35. The quantitative estimate of drug-likeness (QED) is 0.466. The van der Waals surface area contributed by atoms with Crippen LogP contribution in [0.25, 0.3) is 10.9 Å². The summed E-state index contributed by atoms with van der Waals surface area (Å²) in [5.41, 5.74) is 3.63. The van der Waals surface area contributed by atoms with Crippen molar-refractivity contribution in [3.8, 4) is 0 Å². The van der Waals surface area contributed by atoms with Crippen molar-refractivity contribution in [2.75, 3.05) is 30.9 Å². The molecule has 2 aliphatic rings. The van der Waals surface area contributed by atoms with E-state index in [1.54, 1.807) is 18.1 Å². The van der Waals surface area contributed by atoms with E-state index in [0.29, 0.717) is 10.0 Å². The molecular formula is C21H22Cl2N4S. The van der Waals surface area contributed by atoms with Gasteiger partial charge in [0.15, 0.2) is 0 Å². The van der Waals surface area contributed by atoms with Crippen LogP contribution in [0.2, 0.25) is 10.0 Å². The van der Waals surface area contributed by atoms with Crippen LogP contribution in [0.3, 0.4) is 0 Å². The van der Waals surface area contributed by atoms with Gasteiger partial charge >= 0.3 is 0 Å². The maximum Gasteiger partial charge on any atom is 0.0728 e. The SMILES string of the molecule is Clc1ccc(NSc2ccc(C3(N4CCNCC4)CC3)cc2)c2[nH]cc(Cl)c12. The molecule has 5 rings (SSSR count). The summed E-state index contributed by atoms with van der Waals surface area (Å²) in [5, 5.41) is 5.61. The Hall–Kier alpha value is -1.37. The second kappa shape index (κ2) is 7.47. The number of benzene rings is 2. The van der Waals surface area contributed by atoms with E-state index < -0.39 is 0 Å². The summed E-state index contributed by atoms with van der Waals surface area (Å²) in [7, 11) is 0. The number of piperazine rings is 1. The standard InChI is InChI=1S/C21H22Cl2N4S/c22-16-5-6-18(20-19(16)17(23)13-25-20)26-28-15-3-1-14(2-4-15)21(7-8-21)27-11-9-24-10-12-27/h1-6,13,24-26H,7-12H2. The molecular weight excluding hydrogens is 411 g/mol. The van der Waals surface area contributed by atoms with Crippen molar-refractivity contribution < 1.29 is 0 Å². The average Bonchev–Trinajstić information content (AvgIpc) is 3.45. The molecule has 7 heteroatoms. The Morgan fingerprint density at radius 2 is 1.71 bits per heavy atom. The predicted molar refractivity (Wildman–Crippen MR) is 120 cm³/mol. The number of anilines is 1. The third-order valence-corrected chi connectivity index (χ3v) is 7.30. The number of aromatic amines is 1. The summed E-state index contributed by atoms with van der Waals surface area (Å²) in [5.74, 6) is 0. The Morgan fingerprint density at radius 1 is 0.964 bits per heavy atom. The second-order valence-electron chi connectivity index (χ2n) is 7.48. The molecule has 2 aromatic carbocycles. The predicted octanol–water partition coefficient (Wildman–Crippen LogP) is 5.49. The first kappa shape index (κ1) is 18.6. The number of hydrogen-bond acceptors (Lipinski definition) is 4. The second-order valence-corrected chi connectivity index (χ2v) is 9.17. The van der Waals surface area contributed by atoms with Crippen molar-refractivity contribution in [3.63, 3.8) is 0 Å². The van der Waals surface area contributed by atoms with Crippen molar-refractivity contribution in [2.45, 2.75) is 23.3 Å². The first-order valence-corrected chi connectivity index (χ1v) is 11.2. The maximum absolute atomic E-state index is 6.28. The Bertz CT molecular complexity index is 992. The summed E-state index contributed by atoms with van der Waals surface area (Å²) in [4.78, 5) is 7.04. The van der Waals surface area contributed by atoms with Crippen molar-refractivity contribution in [3.05, 3.63) is 58.2 Å². The van der Waals surface area contributed by atoms with E-state index in [-0.39, 0.29) is 5.54 Å². The van der Waals surface area contributed by atoms with Crippen LogP contribution in [0.1, 0.15) is 18.4 Å². The van der Waals surface area contributed by atoms with Crippen LogP contribution in [-0.4, -0.2) is 36.1 Å². The zero-order valence-electron chi connectivity index (χ0n) is 15.4. The Morgan fingerprint density at radius 3 is 2.43 bits per heavy atom. The van der Waals surface area contributed by atoms with Crippen LogP contribution in [0.5, 0.6) is 0 Å². The topological polar surface area (TPSA) is 43.1 Å². The number of nitrogens with zero attached hydrogens (tertiary/aromatic N) is 1. The number of hydrogen-bond donors (Lipinski definition) is 3. The summed E-state index contributed by atoms with van der Waals surface area (Å²) in [6.45, 7) is 4.47. The molecule has 2 heterocycles. The van der Waals surface area contributed by atoms with Crippen LogP contribution in [-0.2, 0) is 5.54 Å². The Kier molecular flexibility index (Phi) is 4.97. The highest BCUT2D eigenvalue weighted by Crippen LogP contribution is 2.51. The minimum atomic E-state index is 0.280. The summed E-state index contributed by atoms with van der Waals surface area (Å²) >= 11 is 14.1. The normalized spacial score (nSPS) is 19.1. The van der Waals surface area contributed by atoms with Gasteiger partial charge in [-0.25, -0.2) is 0 Å². The van der Waals surface area contributed by atoms with Crippen molar-refractivity contribution >= 4 is 51.7 Å². The number of H-pyrrole nitrogens is 1. The lowest BCUT2D eigenvalue weighted by molar-refractivity contribution is 0.154. The van der Waals surface area contributed by atoms with E-state index in [2.05, 4.69) is 44.2 Å². The molecule has 0 unspecified atom stereocenters. The zero-order chi connectivity index (χ0) is 19.1. The van der Waals surface area contributed by atoms with Gasteiger partial charge in [-0.15, -0.1) is 0 Å². The number of fused-ring (bicyclic) bond motifs is 1. The van der Waals surface area contributed by atoms with E-state index in [1.165, 1.54) is 23.3 Å². The maximum atomic E-state index is 6.28. The number of nitrogens with one attached hydrogen (secondary N) is 3. The third kappa shape index (κ3) is 3.29.